The van der Waals surface area contributed by atoms with Gasteiger partial charge in [0.05, 0.1) is 11.5 Å². The predicted molar refractivity (Wildman–Crippen MR) is 103 cm³/mol. The molecule has 0 spiro atoms. The average molecular weight is 372 g/mol. The van der Waals surface area contributed by atoms with Crippen LogP contribution in [0.15, 0.2) is 29.2 Å². The molecule has 1 rings (SSSR count). The number of nitrogens with one attached hydrogen (secondary N) is 1. The van der Waals surface area contributed by atoms with Crippen molar-refractivity contribution >= 4 is 18.3 Å². The molecule has 0 saturated carbocycles. The van der Waals surface area contributed by atoms with Crippen LogP contribution in [-0.2, 0) is 14.4 Å². The fourth-order valence-corrected chi connectivity index (χ4v) is 4.26. The molecule has 0 aliphatic carbocycles. The third kappa shape index (κ3) is 5.69. The van der Waals surface area contributed by atoms with Crippen molar-refractivity contribution in [3.05, 3.63) is 29.8 Å². The molecule has 0 aliphatic rings. The van der Waals surface area contributed by atoms with Gasteiger partial charge in [0.1, 0.15) is 0 Å². The topological polar surface area (TPSA) is 55.4 Å². The van der Waals surface area contributed by atoms with Crippen molar-refractivity contribution in [1.29, 1.82) is 0 Å². The van der Waals surface area contributed by atoms with Gasteiger partial charge in [-0.05, 0) is 43.1 Å². The lowest BCUT2D eigenvalue weighted by Gasteiger charge is -2.37. The van der Waals surface area contributed by atoms with Gasteiger partial charge in [0.25, 0.3) is 0 Å². The third-order valence-electron chi connectivity index (χ3n) is 4.87. The standard InChI is InChI=1S/C18H33NO3SSi/c1-14(2)17(13-22-24(7,8)18(4,5)6)19-23(20,21)16-11-9-15(3)10-12-16/h9-12,14,17,19H,13H2,1-8H3/t17-/m1/s1. The fraction of sp³-hybridized carbons (Fsp3) is 0.667. The number of sulfonamides is 1. The van der Waals surface area contributed by atoms with E-state index in [9.17, 15) is 8.42 Å². The Labute approximate surface area is 149 Å². The molecule has 4 nitrogen and oxygen atoms in total. The molecule has 0 radical (unpaired) electrons. The maximum atomic E-state index is 12.6. The van der Waals surface area contributed by atoms with Crippen LogP contribution in [-0.4, -0.2) is 29.4 Å². The van der Waals surface area contributed by atoms with Gasteiger partial charge in [-0.15, -0.1) is 0 Å². The summed E-state index contributed by atoms with van der Waals surface area (Å²) in [6.45, 7) is 17.3. The van der Waals surface area contributed by atoms with Crippen LogP contribution in [0, 0.1) is 12.8 Å². The Morgan fingerprint density at radius 2 is 1.62 bits per heavy atom. The van der Waals surface area contributed by atoms with Crippen LogP contribution in [0.1, 0.15) is 40.2 Å². The first-order valence-electron chi connectivity index (χ1n) is 8.49. The predicted octanol–water partition coefficient (Wildman–Crippen LogP) is 4.32. The van der Waals surface area contributed by atoms with Crippen LogP contribution in [0.4, 0.5) is 0 Å². The number of hydrogen-bond acceptors (Lipinski definition) is 3. The highest BCUT2D eigenvalue weighted by Gasteiger charge is 2.38. The molecule has 0 saturated heterocycles. The van der Waals surface area contributed by atoms with Crippen molar-refractivity contribution in [2.24, 2.45) is 5.92 Å². The quantitative estimate of drug-likeness (QED) is 0.726. The Hall–Kier alpha value is -0.693. The summed E-state index contributed by atoms with van der Waals surface area (Å²) in [5.74, 6) is 0.148. The monoisotopic (exact) mass is 371 g/mol. The molecule has 24 heavy (non-hydrogen) atoms. The first-order chi connectivity index (χ1) is 10.8. The molecule has 1 atom stereocenters. The molecule has 0 amide bonds. The largest absolute Gasteiger partial charge is 0.415 e. The van der Waals surface area contributed by atoms with Gasteiger partial charge < -0.3 is 4.43 Å². The highest BCUT2D eigenvalue weighted by atomic mass is 32.2. The Balaban J connectivity index is 2.88. The summed E-state index contributed by atoms with van der Waals surface area (Å²) >= 11 is 0. The second-order valence-electron chi connectivity index (χ2n) is 8.36. The Morgan fingerprint density at radius 1 is 1.12 bits per heavy atom. The SMILES string of the molecule is Cc1ccc(S(=O)(=O)N[C@H](CO[Si](C)(C)C(C)(C)C)C(C)C)cc1. The lowest BCUT2D eigenvalue weighted by Crippen LogP contribution is -2.48. The molecule has 0 aromatic heterocycles. The maximum Gasteiger partial charge on any atom is 0.240 e. The van der Waals surface area contributed by atoms with Gasteiger partial charge in [0.15, 0.2) is 8.32 Å². The summed E-state index contributed by atoms with van der Waals surface area (Å²) in [4.78, 5) is 0.297. The van der Waals surface area contributed by atoms with Gasteiger partial charge in [0, 0.05) is 6.04 Å². The zero-order valence-corrected chi connectivity index (χ0v) is 18.1. The van der Waals surface area contributed by atoms with Gasteiger partial charge >= 0.3 is 0 Å². The molecule has 0 bridgehead atoms. The molecule has 0 heterocycles. The van der Waals surface area contributed by atoms with Crippen molar-refractivity contribution in [2.75, 3.05) is 6.61 Å². The fourth-order valence-electron chi connectivity index (χ4n) is 1.86. The molecular formula is C18H33NO3SSi. The van der Waals surface area contributed by atoms with E-state index < -0.39 is 18.3 Å². The molecule has 6 heteroatoms. The van der Waals surface area contributed by atoms with Crippen LogP contribution < -0.4 is 4.72 Å². The van der Waals surface area contributed by atoms with Crippen LogP contribution >= 0.6 is 0 Å². The highest BCUT2D eigenvalue weighted by Crippen LogP contribution is 2.36. The number of rotatable bonds is 7. The van der Waals surface area contributed by atoms with Crippen LogP contribution in [0.3, 0.4) is 0 Å². The molecule has 1 N–H and O–H groups in total. The molecular weight excluding hydrogens is 338 g/mol. The summed E-state index contributed by atoms with van der Waals surface area (Å²) in [6.07, 6.45) is 0. The van der Waals surface area contributed by atoms with E-state index in [-0.39, 0.29) is 17.0 Å². The lowest BCUT2D eigenvalue weighted by molar-refractivity contribution is 0.228. The van der Waals surface area contributed by atoms with Gasteiger partial charge in [0.2, 0.25) is 10.0 Å². The van der Waals surface area contributed by atoms with Crippen molar-refractivity contribution in [2.45, 2.75) is 70.6 Å². The van der Waals surface area contributed by atoms with Crippen LogP contribution in [0.25, 0.3) is 0 Å². The highest BCUT2D eigenvalue weighted by molar-refractivity contribution is 7.89. The van der Waals surface area contributed by atoms with E-state index in [1.165, 1.54) is 0 Å². The molecule has 138 valence electrons. The van der Waals surface area contributed by atoms with Crippen molar-refractivity contribution in [3.8, 4) is 0 Å². The van der Waals surface area contributed by atoms with E-state index >= 15 is 0 Å². The molecule has 0 unspecified atom stereocenters. The minimum atomic E-state index is -3.54. The van der Waals surface area contributed by atoms with Gasteiger partial charge in [-0.3, -0.25) is 0 Å². The van der Waals surface area contributed by atoms with E-state index in [1.807, 2.05) is 32.9 Å². The first kappa shape index (κ1) is 21.3. The van der Waals surface area contributed by atoms with Crippen LogP contribution in [0.2, 0.25) is 18.1 Å². The number of aryl methyl sites for hydroxylation is 1. The Morgan fingerprint density at radius 3 is 2.04 bits per heavy atom. The summed E-state index contributed by atoms with van der Waals surface area (Å²) in [5.41, 5.74) is 1.04. The third-order valence-corrected chi connectivity index (χ3v) is 10.9. The van der Waals surface area contributed by atoms with Gasteiger partial charge in [-0.25, -0.2) is 13.1 Å². The van der Waals surface area contributed by atoms with Gasteiger partial charge in [-0.2, -0.15) is 0 Å². The van der Waals surface area contributed by atoms with E-state index in [0.717, 1.165) is 5.56 Å². The lowest BCUT2D eigenvalue weighted by atomic mass is 10.1. The second-order valence-corrected chi connectivity index (χ2v) is 14.9. The zero-order chi connectivity index (χ0) is 18.8. The summed E-state index contributed by atoms with van der Waals surface area (Å²) < 4.78 is 34.3. The molecule has 0 aliphatic heterocycles. The number of benzene rings is 1. The van der Waals surface area contributed by atoms with Crippen LogP contribution in [0.5, 0.6) is 0 Å². The van der Waals surface area contributed by atoms with Crippen molar-refractivity contribution < 1.29 is 12.8 Å². The normalized spacial score (nSPS) is 14.9. The second kappa shape index (κ2) is 7.68. The van der Waals surface area contributed by atoms with Gasteiger partial charge in [-0.1, -0.05) is 52.3 Å². The summed E-state index contributed by atoms with van der Waals surface area (Å²) in [7, 11) is -5.45. The minimum Gasteiger partial charge on any atom is -0.415 e. The zero-order valence-electron chi connectivity index (χ0n) is 16.3. The molecule has 0 fully saturated rings. The Bertz CT molecular complexity index is 631. The number of hydrogen-bond donors (Lipinski definition) is 1. The maximum absolute atomic E-state index is 12.6. The van der Waals surface area contributed by atoms with Crippen molar-refractivity contribution in [3.63, 3.8) is 0 Å². The molecule has 1 aromatic rings. The van der Waals surface area contributed by atoms with Crippen molar-refractivity contribution in [1.82, 2.24) is 4.72 Å². The average Bonchev–Trinajstić information content (AvgIpc) is 2.42. The summed E-state index contributed by atoms with van der Waals surface area (Å²) in [5, 5.41) is 0.102. The Kier molecular flexibility index (Phi) is 6.83. The summed E-state index contributed by atoms with van der Waals surface area (Å²) in [6, 6.07) is 6.66. The first-order valence-corrected chi connectivity index (χ1v) is 12.9. The minimum absolute atomic E-state index is 0.102. The smallest absolute Gasteiger partial charge is 0.240 e. The van der Waals surface area contributed by atoms with E-state index in [2.05, 4.69) is 38.6 Å². The van der Waals surface area contributed by atoms with E-state index in [4.69, 9.17) is 4.43 Å². The van der Waals surface area contributed by atoms with E-state index in [0.29, 0.717) is 11.5 Å². The van der Waals surface area contributed by atoms with E-state index in [1.54, 1.807) is 12.1 Å². The molecule has 1 aromatic carbocycles.